The largest absolute Gasteiger partial charge is 0.383 e. The van der Waals surface area contributed by atoms with Gasteiger partial charge in [-0.25, -0.2) is 0 Å². The van der Waals surface area contributed by atoms with E-state index < -0.39 is 5.60 Å². The Morgan fingerprint density at radius 1 is 1.14 bits per heavy atom. The van der Waals surface area contributed by atoms with Crippen LogP contribution in [0.1, 0.15) is 24.8 Å². The van der Waals surface area contributed by atoms with E-state index in [9.17, 15) is 14.7 Å². The van der Waals surface area contributed by atoms with Gasteiger partial charge in [-0.15, -0.1) is 0 Å². The van der Waals surface area contributed by atoms with Gasteiger partial charge in [0.05, 0.1) is 25.8 Å². The number of amides is 2. The molecule has 4 rings (SSSR count). The van der Waals surface area contributed by atoms with Crippen LogP contribution in [0, 0.1) is 0 Å². The van der Waals surface area contributed by atoms with E-state index in [1.807, 2.05) is 35.2 Å². The van der Waals surface area contributed by atoms with E-state index in [1.165, 1.54) is 0 Å². The molecule has 0 aromatic heterocycles. The van der Waals surface area contributed by atoms with E-state index in [4.69, 9.17) is 4.74 Å². The summed E-state index contributed by atoms with van der Waals surface area (Å²) in [6.45, 7) is 4.53. The van der Waals surface area contributed by atoms with E-state index in [-0.39, 0.29) is 24.4 Å². The van der Waals surface area contributed by atoms with Gasteiger partial charge in [-0.05, 0) is 18.4 Å². The van der Waals surface area contributed by atoms with Gasteiger partial charge in [0.1, 0.15) is 5.60 Å². The fourth-order valence-electron chi connectivity index (χ4n) is 4.65. The zero-order valence-electron chi connectivity index (χ0n) is 16.3. The topological polar surface area (TPSA) is 73.3 Å². The fourth-order valence-corrected chi connectivity index (χ4v) is 4.65. The van der Waals surface area contributed by atoms with Crippen LogP contribution >= 0.6 is 0 Å². The van der Waals surface area contributed by atoms with E-state index in [1.54, 1.807) is 4.90 Å². The second-order valence-electron chi connectivity index (χ2n) is 7.96. The lowest BCUT2D eigenvalue weighted by atomic mass is 9.79. The molecule has 0 saturated carbocycles. The average Bonchev–Trinajstić information content (AvgIpc) is 3.14. The Balaban J connectivity index is 1.53. The summed E-state index contributed by atoms with van der Waals surface area (Å²) >= 11 is 0. The van der Waals surface area contributed by atoms with Gasteiger partial charge in [-0.3, -0.25) is 14.5 Å². The Morgan fingerprint density at radius 3 is 2.57 bits per heavy atom. The molecule has 0 unspecified atom stereocenters. The highest BCUT2D eigenvalue weighted by atomic mass is 16.5. The second-order valence-corrected chi connectivity index (χ2v) is 7.96. The lowest BCUT2D eigenvalue weighted by Crippen LogP contribution is -2.63. The Labute approximate surface area is 165 Å². The third-order valence-corrected chi connectivity index (χ3v) is 6.32. The minimum atomic E-state index is -1.00. The SMILES string of the molecule is O=C1CCCN1CC(=O)N1CC[C@](O)(c2ccccc2)[C@H](N2CCOCC2)C1. The highest BCUT2D eigenvalue weighted by molar-refractivity contribution is 5.86. The molecular weight excluding hydrogens is 358 g/mol. The number of carbonyl (C=O) groups is 2. The number of morpholine rings is 1. The van der Waals surface area contributed by atoms with Crippen molar-refractivity contribution in [3.8, 4) is 0 Å². The summed E-state index contributed by atoms with van der Waals surface area (Å²) in [5.41, 5.74) is -0.105. The van der Waals surface area contributed by atoms with Crippen molar-refractivity contribution < 1.29 is 19.4 Å². The molecule has 2 amide bonds. The predicted molar refractivity (Wildman–Crippen MR) is 104 cm³/mol. The molecule has 3 heterocycles. The average molecular weight is 387 g/mol. The van der Waals surface area contributed by atoms with Crippen molar-refractivity contribution >= 4 is 11.8 Å². The van der Waals surface area contributed by atoms with Crippen LogP contribution in [0.15, 0.2) is 30.3 Å². The number of ether oxygens (including phenoxy) is 1. The van der Waals surface area contributed by atoms with Gasteiger partial charge in [0.15, 0.2) is 0 Å². The minimum absolute atomic E-state index is 0.0244. The van der Waals surface area contributed by atoms with Crippen LogP contribution in [-0.4, -0.2) is 90.1 Å². The number of carbonyl (C=O) groups excluding carboxylic acids is 2. The van der Waals surface area contributed by atoms with Gasteiger partial charge < -0.3 is 19.6 Å². The molecule has 1 aromatic carbocycles. The van der Waals surface area contributed by atoms with Crippen LogP contribution in [0.3, 0.4) is 0 Å². The molecule has 7 nitrogen and oxygen atoms in total. The summed E-state index contributed by atoms with van der Waals surface area (Å²) in [7, 11) is 0. The monoisotopic (exact) mass is 387 g/mol. The Morgan fingerprint density at radius 2 is 1.89 bits per heavy atom. The van der Waals surface area contributed by atoms with Gasteiger partial charge in [-0.1, -0.05) is 30.3 Å². The molecule has 152 valence electrons. The maximum atomic E-state index is 12.9. The third kappa shape index (κ3) is 3.79. The zero-order chi connectivity index (χ0) is 19.6. The second kappa shape index (κ2) is 8.19. The van der Waals surface area contributed by atoms with E-state index in [0.29, 0.717) is 45.7 Å². The highest BCUT2D eigenvalue weighted by Crippen LogP contribution is 2.36. The molecule has 0 radical (unpaired) electrons. The summed E-state index contributed by atoms with van der Waals surface area (Å²) in [5.74, 6) is 0.0412. The van der Waals surface area contributed by atoms with Crippen molar-refractivity contribution in [2.24, 2.45) is 0 Å². The van der Waals surface area contributed by atoms with Gasteiger partial charge >= 0.3 is 0 Å². The highest BCUT2D eigenvalue weighted by Gasteiger charge is 2.47. The van der Waals surface area contributed by atoms with E-state index in [2.05, 4.69) is 4.90 Å². The van der Waals surface area contributed by atoms with Crippen LogP contribution in [0.4, 0.5) is 0 Å². The Bertz CT molecular complexity index is 707. The summed E-state index contributed by atoms with van der Waals surface area (Å²) in [5, 5.41) is 11.7. The molecule has 3 saturated heterocycles. The third-order valence-electron chi connectivity index (χ3n) is 6.32. The maximum Gasteiger partial charge on any atom is 0.242 e. The molecule has 0 bridgehead atoms. The molecular formula is C21H29N3O4. The van der Waals surface area contributed by atoms with E-state index in [0.717, 1.165) is 25.1 Å². The number of hydrogen-bond acceptors (Lipinski definition) is 5. The van der Waals surface area contributed by atoms with Crippen molar-refractivity contribution in [1.82, 2.24) is 14.7 Å². The summed E-state index contributed by atoms with van der Waals surface area (Å²) in [6, 6.07) is 9.58. The molecule has 2 atom stereocenters. The standard InChI is InChI=1S/C21H29N3O4/c25-19-7-4-9-23(19)16-20(26)24-10-8-21(27,17-5-2-1-3-6-17)18(15-24)22-11-13-28-14-12-22/h1-3,5-6,18,27H,4,7-16H2/t18-,21+/m1/s1. The fraction of sp³-hybridized carbons (Fsp3) is 0.619. The molecule has 1 aromatic rings. The Kier molecular flexibility index (Phi) is 5.66. The molecule has 3 fully saturated rings. The summed E-state index contributed by atoms with van der Waals surface area (Å²) in [6.07, 6.45) is 1.85. The molecule has 3 aliphatic heterocycles. The molecule has 0 spiro atoms. The lowest BCUT2D eigenvalue weighted by Gasteiger charge is -2.50. The zero-order valence-corrected chi connectivity index (χ0v) is 16.3. The van der Waals surface area contributed by atoms with Gasteiger partial charge in [0.2, 0.25) is 11.8 Å². The minimum Gasteiger partial charge on any atom is -0.383 e. The molecule has 1 N–H and O–H groups in total. The lowest BCUT2D eigenvalue weighted by molar-refractivity contribution is -0.150. The van der Waals surface area contributed by atoms with Crippen molar-refractivity contribution in [1.29, 1.82) is 0 Å². The molecule has 3 aliphatic rings. The number of nitrogens with zero attached hydrogens (tertiary/aromatic N) is 3. The van der Waals surface area contributed by atoms with Crippen molar-refractivity contribution in [3.63, 3.8) is 0 Å². The van der Waals surface area contributed by atoms with Crippen molar-refractivity contribution in [2.45, 2.75) is 30.9 Å². The van der Waals surface area contributed by atoms with E-state index >= 15 is 0 Å². The maximum absolute atomic E-state index is 12.9. The summed E-state index contributed by atoms with van der Waals surface area (Å²) < 4.78 is 5.49. The molecule has 0 aliphatic carbocycles. The predicted octanol–water partition coefficient (Wildman–Crippen LogP) is 0.430. The first-order valence-corrected chi connectivity index (χ1v) is 10.2. The number of likely N-dealkylation sites (tertiary alicyclic amines) is 2. The van der Waals surface area contributed by atoms with Crippen LogP contribution in [-0.2, 0) is 19.9 Å². The first kappa shape index (κ1) is 19.4. The van der Waals surface area contributed by atoms with Crippen molar-refractivity contribution in [2.75, 3.05) is 52.5 Å². The Hall–Kier alpha value is -1.96. The normalized spacial score (nSPS) is 29.3. The molecule has 28 heavy (non-hydrogen) atoms. The first-order chi connectivity index (χ1) is 13.6. The van der Waals surface area contributed by atoms with Crippen LogP contribution in [0.5, 0.6) is 0 Å². The number of aliphatic hydroxyl groups is 1. The van der Waals surface area contributed by atoms with Crippen molar-refractivity contribution in [3.05, 3.63) is 35.9 Å². The summed E-state index contributed by atoms with van der Waals surface area (Å²) in [4.78, 5) is 30.5. The number of rotatable bonds is 4. The van der Waals surface area contributed by atoms with Crippen LogP contribution < -0.4 is 0 Å². The van der Waals surface area contributed by atoms with Gasteiger partial charge in [0.25, 0.3) is 0 Å². The molecule has 7 heteroatoms. The first-order valence-electron chi connectivity index (χ1n) is 10.2. The number of hydrogen-bond donors (Lipinski definition) is 1. The van der Waals surface area contributed by atoms with Gasteiger partial charge in [-0.2, -0.15) is 0 Å². The number of benzene rings is 1. The smallest absolute Gasteiger partial charge is 0.242 e. The van der Waals surface area contributed by atoms with Gasteiger partial charge in [0, 0.05) is 39.1 Å². The van der Waals surface area contributed by atoms with Crippen LogP contribution in [0.2, 0.25) is 0 Å². The number of piperidine rings is 1. The van der Waals surface area contributed by atoms with Crippen LogP contribution in [0.25, 0.3) is 0 Å². The quantitative estimate of drug-likeness (QED) is 0.811.